The fourth-order valence-electron chi connectivity index (χ4n) is 3.16. The van der Waals surface area contributed by atoms with E-state index in [1.807, 2.05) is 4.98 Å². The molecule has 0 bridgehead atoms. The van der Waals surface area contributed by atoms with Crippen molar-refractivity contribution in [3.05, 3.63) is 89.1 Å². The fourth-order valence-corrected chi connectivity index (χ4v) is 4.46. The van der Waals surface area contributed by atoms with Crippen LogP contribution in [0, 0.1) is 0 Å². The second-order valence-corrected chi connectivity index (χ2v) is 8.48. The number of H-pyrrole nitrogens is 1. The Morgan fingerprint density at radius 2 is 1.69 bits per heavy atom. The van der Waals surface area contributed by atoms with Crippen molar-refractivity contribution in [2.75, 3.05) is 0 Å². The van der Waals surface area contributed by atoms with E-state index in [4.69, 9.17) is 52.8 Å². The smallest absolute Gasteiger partial charge is 0.392 e. The molecule has 0 fully saturated rings. The van der Waals surface area contributed by atoms with Gasteiger partial charge in [0.15, 0.2) is 0 Å². The number of aromatic nitrogens is 3. The minimum absolute atomic E-state index is 0.0498. The van der Waals surface area contributed by atoms with Crippen molar-refractivity contribution in [2.24, 2.45) is 5.73 Å². The average molecular weight is 524 g/mol. The van der Waals surface area contributed by atoms with Crippen LogP contribution in [0.1, 0.15) is 23.6 Å². The van der Waals surface area contributed by atoms with E-state index in [2.05, 4.69) is 5.10 Å². The van der Waals surface area contributed by atoms with Crippen LogP contribution in [-0.4, -0.2) is 19.8 Å². The maximum Gasteiger partial charge on any atom is 0.417 e. The quantitative estimate of drug-likeness (QED) is 0.492. The van der Waals surface area contributed by atoms with E-state index < -0.39 is 33.4 Å². The highest BCUT2D eigenvalue weighted by Crippen LogP contribution is 2.44. The van der Waals surface area contributed by atoms with Gasteiger partial charge in [0.1, 0.15) is 6.20 Å². The lowest BCUT2D eigenvalue weighted by molar-refractivity contribution is -0.137. The number of aromatic amines is 1. The molecule has 32 heavy (non-hydrogen) atoms. The molecule has 1 unspecified atom stereocenters. The molecule has 3 N–H and O–H groups in total. The lowest BCUT2D eigenvalue weighted by Crippen LogP contribution is -2.39. The van der Waals surface area contributed by atoms with Gasteiger partial charge in [-0.05, 0) is 36.8 Å². The zero-order valence-corrected chi connectivity index (χ0v) is 19.0. The first-order valence-corrected chi connectivity index (χ1v) is 10.2. The Hall–Kier alpha value is -2.40. The topological polar surface area (TPSA) is 93.8 Å². The Labute approximate surface area is 198 Å². The molecule has 0 amide bonds. The van der Waals surface area contributed by atoms with Crippen molar-refractivity contribution >= 4 is 52.0 Å². The van der Waals surface area contributed by atoms with Gasteiger partial charge in [-0.2, -0.15) is 23.0 Å². The Morgan fingerprint density at radius 3 is 2.19 bits per heavy atom. The molecule has 0 saturated heterocycles. The second-order valence-electron chi connectivity index (χ2n) is 6.82. The van der Waals surface area contributed by atoms with Crippen molar-refractivity contribution in [2.45, 2.75) is 18.5 Å². The SMILES string of the molecule is CC(C(N)=S)(c1ccc(Cl)c(C(F)(F)F)c1)c1c(Cl)cc(-n2ncc(=O)[nH]c2=O)cc1Cl. The highest BCUT2D eigenvalue weighted by Gasteiger charge is 2.40. The lowest BCUT2D eigenvalue weighted by Gasteiger charge is -2.32. The van der Waals surface area contributed by atoms with Crippen LogP contribution in [0.4, 0.5) is 13.2 Å². The normalized spacial score (nSPS) is 13.6. The molecule has 0 aliphatic heterocycles. The number of nitrogens with zero attached hydrogens (tertiary/aromatic N) is 2. The first-order valence-electron chi connectivity index (χ1n) is 8.62. The minimum atomic E-state index is -4.72. The molecule has 1 atom stereocenters. The molecule has 13 heteroatoms. The third-order valence-corrected chi connectivity index (χ3v) is 6.16. The summed E-state index contributed by atoms with van der Waals surface area (Å²) in [6.07, 6.45) is -3.85. The number of nitrogens with one attached hydrogen (secondary N) is 1. The van der Waals surface area contributed by atoms with Crippen LogP contribution in [0.3, 0.4) is 0 Å². The molecule has 0 aliphatic carbocycles. The molecular formula is C19H12Cl3F3N4O2S. The van der Waals surface area contributed by atoms with E-state index in [9.17, 15) is 22.8 Å². The molecule has 0 saturated carbocycles. The van der Waals surface area contributed by atoms with Gasteiger partial charge in [-0.25, -0.2) is 4.79 Å². The molecule has 3 aromatic rings. The maximum absolute atomic E-state index is 13.4. The maximum atomic E-state index is 13.4. The van der Waals surface area contributed by atoms with Gasteiger partial charge in [0, 0.05) is 15.6 Å². The number of nitrogens with two attached hydrogens (primary N) is 1. The Bertz CT molecular complexity index is 1330. The van der Waals surface area contributed by atoms with Crippen LogP contribution >= 0.6 is 47.0 Å². The van der Waals surface area contributed by atoms with E-state index >= 15 is 0 Å². The summed E-state index contributed by atoms with van der Waals surface area (Å²) in [7, 11) is 0. The van der Waals surface area contributed by atoms with Gasteiger partial charge >= 0.3 is 11.9 Å². The highest BCUT2D eigenvalue weighted by atomic mass is 35.5. The van der Waals surface area contributed by atoms with Crippen molar-refractivity contribution in [1.29, 1.82) is 0 Å². The number of benzene rings is 2. The average Bonchev–Trinajstić information content (AvgIpc) is 2.66. The predicted molar refractivity (Wildman–Crippen MR) is 120 cm³/mol. The first kappa shape index (κ1) is 24.2. The summed E-state index contributed by atoms with van der Waals surface area (Å²) >= 11 is 23.8. The van der Waals surface area contributed by atoms with Crippen LogP contribution < -0.4 is 17.0 Å². The van der Waals surface area contributed by atoms with Gasteiger partial charge in [-0.15, -0.1) is 0 Å². The molecular weight excluding hydrogens is 512 g/mol. The van der Waals surface area contributed by atoms with Gasteiger partial charge in [0.05, 0.1) is 26.7 Å². The standard InChI is InChI=1S/C19H12Cl3F3N4O2S/c1-18(16(26)32,8-2-3-11(20)10(4-8)19(23,24)25)15-12(21)5-9(6-13(15)22)29-17(31)28-14(30)7-27-29/h2-7H,1H3,(H2,26,32)(H,28,30,31). The van der Waals surface area contributed by atoms with Crippen molar-refractivity contribution in [1.82, 2.24) is 14.8 Å². The fraction of sp³-hybridized carbons (Fsp3) is 0.158. The van der Waals surface area contributed by atoms with Crippen LogP contribution in [0.15, 0.2) is 46.1 Å². The number of hydrogen-bond acceptors (Lipinski definition) is 4. The van der Waals surface area contributed by atoms with Gasteiger partial charge < -0.3 is 5.73 Å². The number of alkyl halides is 3. The third kappa shape index (κ3) is 4.27. The molecule has 2 aromatic carbocycles. The minimum Gasteiger partial charge on any atom is -0.392 e. The first-order chi connectivity index (χ1) is 14.8. The molecule has 0 aliphatic rings. The van der Waals surface area contributed by atoms with E-state index in [-0.39, 0.29) is 31.8 Å². The van der Waals surface area contributed by atoms with E-state index in [0.717, 1.165) is 23.0 Å². The monoisotopic (exact) mass is 522 g/mol. The third-order valence-electron chi connectivity index (χ3n) is 4.83. The van der Waals surface area contributed by atoms with Gasteiger partial charge in [0.2, 0.25) is 0 Å². The van der Waals surface area contributed by atoms with E-state index in [1.165, 1.54) is 25.1 Å². The number of rotatable bonds is 4. The Morgan fingerprint density at radius 1 is 1.09 bits per heavy atom. The van der Waals surface area contributed by atoms with E-state index in [1.54, 1.807) is 0 Å². The van der Waals surface area contributed by atoms with Crippen LogP contribution in [0.5, 0.6) is 0 Å². The molecule has 168 valence electrons. The molecule has 0 radical (unpaired) electrons. The number of thiocarbonyl (C=S) groups is 1. The second kappa shape index (κ2) is 8.51. The molecule has 1 heterocycles. The van der Waals surface area contributed by atoms with Crippen LogP contribution in [0.25, 0.3) is 5.69 Å². The Balaban J connectivity index is 2.27. The summed E-state index contributed by atoms with van der Waals surface area (Å²) in [5, 5.41) is 3.12. The van der Waals surface area contributed by atoms with Crippen molar-refractivity contribution < 1.29 is 13.2 Å². The van der Waals surface area contributed by atoms with Gasteiger partial charge in [0.25, 0.3) is 5.56 Å². The summed E-state index contributed by atoms with van der Waals surface area (Å²) < 4.78 is 41.1. The number of hydrogen-bond donors (Lipinski definition) is 2. The number of halogens is 6. The summed E-state index contributed by atoms with van der Waals surface area (Å²) in [6.45, 7) is 1.47. The molecule has 0 spiro atoms. The zero-order valence-electron chi connectivity index (χ0n) is 15.9. The highest BCUT2D eigenvalue weighted by molar-refractivity contribution is 7.80. The van der Waals surface area contributed by atoms with Crippen molar-refractivity contribution in [3.8, 4) is 5.69 Å². The summed E-state index contributed by atoms with van der Waals surface area (Å²) in [5.41, 5.74) is 2.06. The largest absolute Gasteiger partial charge is 0.417 e. The predicted octanol–water partition coefficient (Wildman–Crippen LogP) is 4.49. The van der Waals surface area contributed by atoms with Crippen molar-refractivity contribution in [3.63, 3.8) is 0 Å². The summed E-state index contributed by atoms with van der Waals surface area (Å²) in [6, 6.07) is 5.84. The summed E-state index contributed by atoms with van der Waals surface area (Å²) in [5.74, 6) is 0. The van der Waals surface area contributed by atoms with Crippen LogP contribution in [-0.2, 0) is 11.6 Å². The van der Waals surface area contributed by atoms with Gasteiger partial charge in [-0.1, -0.05) is 53.1 Å². The lowest BCUT2D eigenvalue weighted by atomic mass is 9.75. The molecule has 6 nitrogen and oxygen atoms in total. The molecule has 1 aromatic heterocycles. The van der Waals surface area contributed by atoms with Gasteiger partial charge in [-0.3, -0.25) is 9.78 Å². The van der Waals surface area contributed by atoms with Crippen LogP contribution in [0.2, 0.25) is 15.1 Å². The Kier molecular flexibility index (Phi) is 6.45. The molecule has 3 rings (SSSR count). The summed E-state index contributed by atoms with van der Waals surface area (Å²) in [4.78, 5) is 25.1. The zero-order chi connectivity index (χ0) is 24.0. The van der Waals surface area contributed by atoms with E-state index in [0.29, 0.717) is 0 Å².